The second-order valence-corrected chi connectivity index (χ2v) is 3.87. The van der Waals surface area contributed by atoms with Crippen molar-refractivity contribution in [1.82, 2.24) is 5.32 Å². The Hall–Kier alpha value is -1.88. The van der Waals surface area contributed by atoms with E-state index in [-0.39, 0.29) is 17.8 Å². The Kier molecular flexibility index (Phi) is 5.32. The highest BCUT2D eigenvalue weighted by Gasteiger charge is 2.21. The highest BCUT2D eigenvalue weighted by molar-refractivity contribution is 6.18. The molecule has 0 aliphatic rings. The summed E-state index contributed by atoms with van der Waals surface area (Å²) >= 11 is 5.44. The van der Waals surface area contributed by atoms with Crippen LogP contribution in [0.5, 0.6) is 0 Å². The molecule has 0 atom stereocenters. The standard InChI is InChI=1S/C12H13ClN2O3/c1-9-5-4-6-10(15(17)18)11(9)12(16)14-8-3-2-7-13/h2-6H,7-8H2,1H3,(H,14,16)/b3-2+. The van der Waals surface area contributed by atoms with E-state index < -0.39 is 10.8 Å². The molecule has 1 amide bonds. The van der Waals surface area contributed by atoms with Crippen molar-refractivity contribution in [2.24, 2.45) is 0 Å². The number of nitrogens with zero attached hydrogens (tertiary/aromatic N) is 1. The molecule has 1 N–H and O–H groups in total. The zero-order chi connectivity index (χ0) is 13.5. The Bertz CT molecular complexity index is 486. The van der Waals surface area contributed by atoms with E-state index >= 15 is 0 Å². The average molecular weight is 269 g/mol. The molecule has 5 nitrogen and oxygen atoms in total. The number of nitro benzene ring substituents is 1. The Morgan fingerprint density at radius 3 is 2.83 bits per heavy atom. The van der Waals surface area contributed by atoms with Crippen LogP contribution in [0.25, 0.3) is 0 Å². The van der Waals surface area contributed by atoms with Crippen LogP contribution in [0.4, 0.5) is 5.69 Å². The number of alkyl halides is 1. The lowest BCUT2D eigenvalue weighted by Crippen LogP contribution is -2.25. The number of allylic oxidation sites excluding steroid dienone is 1. The minimum absolute atomic E-state index is 0.0989. The lowest BCUT2D eigenvalue weighted by Gasteiger charge is -2.06. The lowest BCUT2D eigenvalue weighted by molar-refractivity contribution is -0.385. The topological polar surface area (TPSA) is 72.2 Å². The maximum absolute atomic E-state index is 11.9. The average Bonchev–Trinajstić information content (AvgIpc) is 2.34. The Morgan fingerprint density at radius 2 is 2.22 bits per heavy atom. The van der Waals surface area contributed by atoms with Gasteiger partial charge in [0.25, 0.3) is 11.6 Å². The number of carbonyl (C=O) groups excluding carboxylic acids is 1. The second kappa shape index (κ2) is 6.76. The molecule has 1 aromatic rings. The van der Waals surface area contributed by atoms with E-state index in [0.717, 1.165) is 0 Å². The number of hydrogen-bond acceptors (Lipinski definition) is 3. The molecular formula is C12H13ClN2O3. The van der Waals surface area contributed by atoms with Gasteiger partial charge in [-0.2, -0.15) is 0 Å². The molecule has 0 unspecified atom stereocenters. The number of halogens is 1. The monoisotopic (exact) mass is 268 g/mol. The molecule has 0 saturated carbocycles. The fourth-order valence-corrected chi connectivity index (χ4v) is 1.61. The first kappa shape index (κ1) is 14.2. The van der Waals surface area contributed by atoms with E-state index in [0.29, 0.717) is 11.4 Å². The molecule has 0 bridgehead atoms. The Balaban J connectivity index is 2.91. The fourth-order valence-electron chi connectivity index (χ4n) is 1.49. The summed E-state index contributed by atoms with van der Waals surface area (Å²) in [5.41, 5.74) is 0.485. The molecule has 6 heteroatoms. The summed E-state index contributed by atoms with van der Waals surface area (Å²) < 4.78 is 0. The van der Waals surface area contributed by atoms with Gasteiger partial charge in [-0.15, -0.1) is 11.6 Å². The van der Waals surface area contributed by atoms with Gasteiger partial charge in [0.05, 0.1) is 4.92 Å². The number of amides is 1. The number of nitrogens with one attached hydrogen (secondary N) is 1. The maximum Gasteiger partial charge on any atom is 0.282 e. The molecule has 0 spiro atoms. The van der Waals surface area contributed by atoms with Crippen molar-refractivity contribution in [1.29, 1.82) is 0 Å². The minimum atomic E-state index is -0.559. The molecule has 1 aromatic carbocycles. The van der Waals surface area contributed by atoms with Crippen molar-refractivity contribution in [3.8, 4) is 0 Å². The van der Waals surface area contributed by atoms with E-state index in [1.807, 2.05) is 0 Å². The van der Waals surface area contributed by atoms with Crippen molar-refractivity contribution in [2.45, 2.75) is 6.92 Å². The smallest absolute Gasteiger partial charge is 0.282 e. The highest BCUT2D eigenvalue weighted by atomic mass is 35.5. The van der Waals surface area contributed by atoms with Gasteiger partial charge in [0.15, 0.2) is 0 Å². The van der Waals surface area contributed by atoms with Crippen LogP contribution >= 0.6 is 11.6 Å². The molecule has 0 fully saturated rings. The van der Waals surface area contributed by atoms with Crippen molar-refractivity contribution >= 4 is 23.2 Å². The molecule has 96 valence electrons. The largest absolute Gasteiger partial charge is 0.348 e. The SMILES string of the molecule is Cc1cccc([N+](=O)[O-])c1C(=O)NC/C=C/CCl. The summed E-state index contributed by atoms with van der Waals surface area (Å²) in [6.07, 6.45) is 3.38. The van der Waals surface area contributed by atoms with E-state index in [9.17, 15) is 14.9 Å². The molecular weight excluding hydrogens is 256 g/mol. The number of benzene rings is 1. The van der Waals surface area contributed by atoms with E-state index in [1.54, 1.807) is 31.2 Å². The van der Waals surface area contributed by atoms with Gasteiger partial charge in [-0.3, -0.25) is 14.9 Å². The maximum atomic E-state index is 11.9. The summed E-state index contributed by atoms with van der Waals surface area (Å²) in [4.78, 5) is 22.2. The van der Waals surface area contributed by atoms with Gasteiger partial charge in [-0.05, 0) is 12.5 Å². The van der Waals surface area contributed by atoms with Crippen LogP contribution in [0, 0.1) is 17.0 Å². The van der Waals surface area contributed by atoms with Crippen molar-refractivity contribution in [3.05, 3.63) is 51.6 Å². The third-order valence-corrected chi connectivity index (χ3v) is 2.49. The van der Waals surface area contributed by atoms with Crippen LogP contribution in [-0.4, -0.2) is 23.3 Å². The van der Waals surface area contributed by atoms with Gasteiger partial charge in [-0.25, -0.2) is 0 Å². The van der Waals surface area contributed by atoms with Crippen molar-refractivity contribution in [3.63, 3.8) is 0 Å². The van der Waals surface area contributed by atoms with Crippen LogP contribution in [-0.2, 0) is 0 Å². The Morgan fingerprint density at radius 1 is 1.50 bits per heavy atom. The van der Waals surface area contributed by atoms with E-state index in [4.69, 9.17) is 11.6 Å². The summed E-state index contributed by atoms with van der Waals surface area (Å²) in [5.74, 6) is -0.0977. The fraction of sp³-hybridized carbons (Fsp3) is 0.250. The number of rotatable bonds is 5. The highest BCUT2D eigenvalue weighted by Crippen LogP contribution is 2.21. The molecule has 18 heavy (non-hydrogen) atoms. The number of aryl methyl sites for hydroxylation is 1. The predicted octanol–water partition coefficient (Wildman–Crippen LogP) is 2.43. The van der Waals surface area contributed by atoms with Gasteiger partial charge in [0.2, 0.25) is 0 Å². The van der Waals surface area contributed by atoms with Crippen molar-refractivity contribution in [2.75, 3.05) is 12.4 Å². The Labute approximate surface area is 110 Å². The van der Waals surface area contributed by atoms with Gasteiger partial charge in [0, 0.05) is 18.5 Å². The quantitative estimate of drug-likeness (QED) is 0.386. The molecule has 0 aromatic heterocycles. The van der Waals surface area contributed by atoms with E-state index in [1.165, 1.54) is 6.07 Å². The van der Waals surface area contributed by atoms with Gasteiger partial charge in [-0.1, -0.05) is 24.3 Å². The molecule has 0 aliphatic heterocycles. The molecule has 1 rings (SSSR count). The minimum Gasteiger partial charge on any atom is -0.348 e. The van der Waals surface area contributed by atoms with Crippen LogP contribution in [0.15, 0.2) is 30.4 Å². The van der Waals surface area contributed by atoms with Crippen LogP contribution in [0.3, 0.4) is 0 Å². The lowest BCUT2D eigenvalue weighted by atomic mass is 10.1. The van der Waals surface area contributed by atoms with Crippen molar-refractivity contribution < 1.29 is 9.72 Å². The summed E-state index contributed by atoms with van der Waals surface area (Å²) in [6, 6.07) is 4.53. The van der Waals surface area contributed by atoms with Gasteiger partial charge >= 0.3 is 0 Å². The zero-order valence-electron chi connectivity index (χ0n) is 9.85. The van der Waals surface area contributed by atoms with Crippen LogP contribution < -0.4 is 5.32 Å². The van der Waals surface area contributed by atoms with Gasteiger partial charge < -0.3 is 5.32 Å². The number of carbonyl (C=O) groups is 1. The summed E-state index contributed by atoms with van der Waals surface area (Å²) in [7, 11) is 0. The zero-order valence-corrected chi connectivity index (χ0v) is 10.6. The first-order chi connectivity index (χ1) is 8.57. The van der Waals surface area contributed by atoms with Gasteiger partial charge in [0.1, 0.15) is 5.56 Å². The predicted molar refractivity (Wildman–Crippen MR) is 70.0 cm³/mol. The normalized spacial score (nSPS) is 10.6. The van der Waals surface area contributed by atoms with E-state index in [2.05, 4.69) is 5.32 Å². The van der Waals surface area contributed by atoms with Crippen LogP contribution in [0.1, 0.15) is 15.9 Å². The number of nitro groups is 1. The molecule has 0 saturated heterocycles. The second-order valence-electron chi connectivity index (χ2n) is 3.56. The first-order valence-corrected chi connectivity index (χ1v) is 5.84. The third kappa shape index (κ3) is 3.56. The number of hydrogen-bond donors (Lipinski definition) is 1. The molecule has 0 heterocycles. The van der Waals surface area contributed by atoms with Crippen LogP contribution in [0.2, 0.25) is 0 Å². The molecule has 0 aliphatic carbocycles. The summed E-state index contributed by atoms with van der Waals surface area (Å²) in [5, 5.41) is 13.4. The summed E-state index contributed by atoms with van der Waals surface area (Å²) in [6.45, 7) is 1.95. The molecule has 0 radical (unpaired) electrons. The third-order valence-electron chi connectivity index (χ3n) is 2.31. The first-order valence-electron chi connectivity index (χ1n) is 5.31.